The third kappa shape index (κ3) is 4.22. The monoisotopic (exact) mass is 407 g/mol. The molecule has 0 radical (unpaired) electrons. The molecule has 3 heterocycles. The Kier molecular flexibility index (Phi) is 5.29. The zero-order valence-electron chi connectivity index (χ0n) is 16.6. The summed E-state index contributed by atoms with van der Waals surface area (Å²) in [5, 5.41) is 9.60. The second-order valence-corrected chi connectivity index (χ2v) is 6.83. The Morgan fingerprint density at radius 2 is 2.13 bits per heavy atom. The largest absolute Gasteiger partial charge is 0.492 e. The second-order valence-electron chi connectivity index (χ2n) is 6.83. The topological polar surface area (TPSA) is 119 Å². The Labute approximate surface area is 171 Å². The molecule has 30 heavy (non-hydrogen) atoms. The molecule has 1 aromatic carbocycles. The van der Waals surface area contributed by atoms with Crippen LogP contribution in [0.25, 0.3) is 5.65 Å². The van der Waals surface area contributed by atoms with E-state index in [2.05, 4.69) is 25.5 Å². The maximum atomic E-state index is 12.6. The van der Waals surface area contributed by atoms with Crippen LogP contribution in [0.2, 0.25) is 0 Å². The number of hydrogen-bond donors (Lipinski definition) is 2. The van der Waals surface area contributed by atoms with Gasteiger partial charge in [0.15, 0.2) is 5.65 Å². The average molecular weight is 407 g/mol. The smallest absolute Gasteiger partial charge is 0.266 e. The van der Waals surface area contributed by atoms with Crippen molar-refractivity contribution in [1.82, 2.24) is 29.4 Å². The predicted molar refractivity (Wildman–Crippen MR) is 110 cm³/mol. The van der Waals surface area contributed by atoms with E-state index in [0.717, 1.165) is 11.3 Å². The van der Waals surface area contributed by atoms with Crippen LogP contribution in [0.15, 0.2) is 47.8 Å². The number of aromatic amines is 1. The fraction of sp³-hybridized carbons (Fsp3) is 0.250. The van der Waals surface area contributed by atoms with Crippen molar-refractivity contribution in [1.29, 1.82) is 0 Å². The molecule has 0 spiro atoms. The molecule has 0 fully saturated rings. The normalized spacial score (nSPS) is 11.0. The summed E-state index contributed by atoms with van der Waals surface area (Å²) in [4.78, 5) is 32.5. The second kappa shape index (κ2) is 8.19. The van der Waals surface area contributed by atoms with Crippen LogP contribution in [-0.2, 0) is 17.8 Å². The standard InChI is InChI=1S/C20H21N7O3/c1-13-17(14(2)27-18(23-13)10-20(29)25-27)9-19(28)24-15-4-3-5-16(8-15)30-7-6-26-12-21-11-22-26/h3-5,8,10-12H,6-7,9H2,1-2H3,(H,24,28)(H,25,29). The summed E-state index contributed by atoms with van der Waals surface area (Å²) in [6.07, 6.45) is 3.23. The third-order valence-electron chi connectivity index (χ3n) is 4.71. The molecule has 0 saturated heterocycles. The summed E-state index contributed by atoms with van der Waals surface area (Å²) in [7, 11) is 0. The average Bonchev–Trinajstić information content (AvgIpc) is 3.35. The molecular weight excluding hydrogens is 386 g/mol. The Bertz CT molecular complexity index is 1240. The summed E-state index contributed by atoms with van der Waals surface area (Å²) in [6, 6.07) is 8.63. The molecule has 0 unspecified atom stereocenters. The van der Waals surface area contributed by atoms with Crippen molar-refractivity contribution in [2.45, 2.75) is 26.8 Å². The van der Waals surface area contributed by atoms with Crippen LogP contribution in [0.5, 0.6) is 5.75 Å². The molecule has 1 amide bonds. The number of anilines is 1. The van der Waals surface area contributed by atoms with Gasteiger partial charge in [0.05, 0.1) is 13.0 Å². The number of H-pyrrole nitrogens is 1. The summed E-state index contributed by atoms with van der Waals surface area (Å²) in [6.45, 7) is 4.69. The Hall–Kier alpha value is -3.95. The molecular formula is C20H21N7O3. The maximum Gasteiger partial charge on any atom is 0.266 e. The van der Waals surface area contributed by atoms with Crippen molar-refractivity contribution in [3.8, 4) is 5.75 Å². The molecule has 0 saturated carbocycles. The van der Waals surface area contributed by atoms with Crippen LogP contribution in [0.1, 0.15) is 17.0 Å². The summed E-state index contributed by atoms with van der Waals surface area (Å²) < 4.78 is 9.00. The van der Waals surface area contributed by atoms with Crippen LogP contribution in [0, 0.1) is 13.8 Å². The van der Waals surface area contributed by atoms with Crippen molar-refractivity contribution in [2.24, 2.45) is 0 Å². The van der Waals surface area contributed by atoms with Gasteiger partial charge in [-0.05, 0) is 26.0 Å². The van der Waals surface area contributed by atoms with Gasteiger partial charge < -0.3 is 10.1 Å². The number of carbonyl (C=O) groups is 1. The van der Waals surface area contributed by atoms with Gasteiger partial charge in [-0.3, -0.25) is 14.7 Å². The first-order chi connectivity index (χ1) is 14.5. The number of nitrogens with zero attached hydrogens (tertiary/aromatic N) is 5. The SMILES string of the molecule is Cc1nc2cc(=O)[nH]n2c(C)c1CC(=O)Nc1cccc(OCCn2cncn2)c1. The van der Waals surface area contributed by atoms with Crippen molar-refractivity contribution in [2.75, 3.05) is 11.9 Å². The first kappa shape index (κ1) is 19.4. The van der Waals surface area contributed by atoms with E-state index in [9.17, 15) is 9.59 Å². The van der Waals surface area contributed by atoms with Gasteiger partial charge in [-0.25, -0.2) is 19.2 Å². The van der Waals surface area contributed by atoms with Crippen LogP contribution < -0.4 is 15.6 Å². The molecule has 0 aliphatic rings. The van der Waals surface area contributed by atoms with Crippen LogP contribution >= 0.6 is 0 Å². The van der Waals surface area contributed by atoms with Gasteiger partial charge in [-0.2, -0.15) is 5.10 Å². The summed E-state index contributed by atoms with van der Waals surface area (Å²) >= 11 is 0. The Morgan fingerprint density at radius 1 is 1.27 bits per heavy atom. The number of hydrogen-bond acceptors (Lipinski definition) is 6. The highest BCUT2D eigenvalue weighted by Gasteiger charge is 2.14. The van der Waals surface area contributed by atoms with E-state index in [4.69, 9.17) is 4.74 Å². The first-order valence-electron chi connectivity index (χ1n) is 9.42. The number of ether oxygens (including phenoxy) is 1. The maximum absolute atomic E-state index is 12.6. The number of nitrogens with one attached hydrogen (secondary N) is 2. The minimum absolute atomic E-state index is 0.137. The van der Waals surface area contributed by atoms with Gasteiger partial charge in [-0.1, -0.05) is 6.07 Å². The molecule has 4 aromatic rings. The molecule has 10 heteroatoms. The molecule has 0 aliphatic carbocycles. The number of benzene rings is 1. The van der Waals surface area contributed by atoms with Crippen molar-refractivity contribution < 1.29 is 9.53 Å². The van der Waals surface area contributed by atoms with Crippen molar-refractivity contribution in [3.63, 3.8) is 0 Å². The summed E-state index contributed by atoms with van der Waals surface area (Å²) in [5.41, 5.74) is 3.21. The fourth-order valence-electron chi connectivity index (χ4n) is 3.25. The van der Waals surface area contributed by atoms with E-state index in [1.807, 2.05) is 26.0 Å². The minimum Gasteiger partial charge on any atom is -0.492 e. The van der Waals surface area contributed by atoms with Gasteiger partial charge in [0.1, 0.15) is 25.0 Å². The molecule has 2 N–H and O–H groups in total. The predicted octanol–water partition coefficient (Wildman–Crippen LogP) is 1.49. The lowest BCUT2D eigenvalue weighted by molar-refractivity contribution is -0.115. The third-order valence-corrected chi connectivity index (χ3v) is 4.71. The zero-order chi connectivity index (χ0) is 21.1. The molecule has 4 rings (SSSR count). The highest BCUT2D eigenvalue weighted by molar-refractivity contribution is 5.92. The summed E-state index contributed by atoms with van der Waals surface area (Å²) in [5.74, 6) is 0.463. The number of aromatic nitrogens is 6. The van der Waals surface area contributed by atoms with Crippen molar-refractivity contribution >= 4 is 17.2 Å². The van der Waals surface area contributed by atoms with Gasteiger partial charge in [-0.15, -0.1) is 0 Å². The number of rotatable bonds is 7. The molecule has 3 aromatic heterocycles. The number of fused-ring (bicyclic) bond motifs is 1. The highest BCUT2D eigenvalue weighted by atomic mass is 16.5. The molecule has 10 nitrogen and oxygen atoms in total. The number of amides is 1. The van der Waals surface area contributed by atoms with E-state index in [1.54, 1.807) is 27.7 Å². The lowest BCUT2D eigenvalue weighted by atomic mass is 10.1. The zero-order valence-corrected chi connectivity index (χ0v) is 16.6. The van der Waals surface area contributed by atoms with E-state index in [-0.39, 0.29) is 17.9 Å². The van der Waals surface area contributed by atoms with Gasteiger partial charge >= 0.3 is 0 Å². The molecule has 0 atom stereocenters. The van der Waals surface area contributed by atoms with Gasteiger partial charge in [0, 0.05) is 34.8 Å². The Balaban J connectivity index is 1.42. The van der Waals surface area contributed by atoms with E-state index in [1.165, 1.54) is 12.4 Å². The van der Waals surface area contributed by atoms with Crippen LogP contribution in [-0.4, -0.2) is 41.9 Å². The Morgan fingerprint density at radius 3 is 2.93 bits per heavy atom. The quantitative estimate of drug-likeness (QED) is 0.479. The minimum atomic E-state index is -0.229. The van der Waals surface area contributed by atoms with Crippen LogP contribution in [0.3, 0.4) is 0 Å². The first-order valence-corrected chi connectivity index (χ1v) is 9.42. The van der Waals surface area contributed by atoms with Crippen LogP contribution in [0.4, 0.5) is 5.69 Å². The van der Waals surface area contributed by atoms with Gasteiger partial charge in [0.25, 0.3) is 5.56 Å². The van der Waals surface area contributed by atoms with E-state index >= 15 is 0 Å². The number of carbonyl (C=O) groups excluding carboxylic acids is 1. The lowest BCUT2D eigenvalue weighted by Gasteiger charge is -2.12. The molecule has 0 bridgehead atoms. The lowest BCUT2D eigenvalue weighted by Crippen LogP contribution is -2.18. The molecule has 154 valence electrons. The van der Waals surface area contributed by atoms with E-state index < -0.39 is 0 Å². The van der Waals surface area contributed by atoms with E-state index in [0.29, 0.717) is 35.9 Å². The van der Waals surface area contributed by atoms with Gasteiger partial charge in [0.2, 0.25) is 5.91 Å². The fourth-order valence-corrected chi connectivity index (χ4v) is 3.25. The molecule has 0 aliphatic heterocycles. The highest BCUT2D eigenvalue weighted by Crippen LogP contribution is 2.19. The number of aryl methyl sites for hydroxylation is 2. The van der Waals surface area contributed by atoms with Crippen molar-refractivity contribution in [3.05, 3.63) is 70.3 Å².